The number of rotatable bonds is 4. The molecule has 6 saturated carbocycles. The summed E-state index contributed by atoms with van der Waals surface area (Å²) in [6.07, 6.45) is 12.3. The van der Waals surface area contributed by atoms with E-state index in [2.05, 4.69) is 46.9 Å². The highest BCUT2D eigenvalue weighted by Gasteiger charge is 2.74. The lowest BCUT2D eigenvalue weighted by atomic mass is 9.32. The second-order valence-electron chi connectivity index (χ2n) is 17.1. The first-order valence-electron chi connectivity index (χ1n) is 16.6. The first-order chi connectivity index (χ1) is 18.7. The molecule has 11 atom stereocenters. The van der Waals surface area contributed by atoms with Gasteiger partial charge < -0.3 is 19.9 Å². The maximum Gasteiger partial charge on any atom is 0.407 e. The smallest absolute Gasteiger partial charge is 0.407 e. The van der Waals surface area contributed by atoms with Crippen LogP contribution in [0.5, 0.6) is 0 Å². The van der Waals surface area contributed by atoms with Crippen molar-refractivity contribution < 1.29 is 24.2 Å². The number of hydrogen-bond donors (Lipinski definition) is 2. The van der Waals surface area contributed by atoms with Crippen LogP contribution in [0, 0.1) is 56.7 Å². The van der Waals surface area contributed by atoms with Gasteiger partial charge in [-0.15, -0.1) is 0 Å². The number of aliphatic carboxylic acids is 1. The summed E-state index contributed by atoms with van der Waals surface area (Å²) in [5.41, 5.74) is -0.200. The number of carboxylic acid groups (broad SMARTS) is 1. The van der Waals surface area contributed by atoms with E-state index < -0.39 is 11.4 Å². The van der Waals surface area contributed by atoms with Gasteiger partial charge in [0.05, 0.1) is 17.6 Å². The van der Waals surface area contributed by atoms with Crippen LogP contribution in [0.4, 0.5) is 4.79 Å². The number of carboxylic acids is 1. The maximum absolute atomic E-state index is 13.0. The van der Waals surface area contributed by atoms with E-state index in [0.717, 1.165) is 64.4 Å². The molecular weight excluding hydrogens is 502 g/mol. The van der Waals surface area contributed by atoms with Crippen molar-refractivity contribution >= 4 is 12.1 Å². The summed E-state index contributed by atoms with van der Waals surface area (Å²) in [6.45, 7) is 15.5. The summed E-state index contributed by atoms with van der Waals surface area (Å²) >= 11 is 0. The average molecular weight is 556 g/mol. The molecule has 4 unspecified atom stereocenters. The third kappa shape index (κ3) is 3.49. The van der Waals surface area contributed by atoms with Crippen LogP contribution in [0.25, 0.3) is 0 Å². The maximum atomic E-state index is 13.0. The van der Waals surface area contributed by atoms with E-state index in [-0.39, 0.29) is 45.4 Å². The molecule has 7 rings (SSSR count). The van der Waals surface area contributed by atoms with Gasteiger partial charge in [-0.05, 0) is 130 Å². The second-order valence-corrected chi connectivity index (χ2v) is 17.1. The van der Waals surface area contributed by atoms with Gasteiger partial charge in [0, 0.05) is 11.5 Å². The van der Waals surface area contributed by atoms with Crippen molar-refractivity contribution in [3.8, 4) is 0 Å². The molecule has 7 fully saturated rings. The fraction of sp³-hybridized carbons (Fsp3) is 0.941. The Kier molecular flexibility index (Phi) is 5.79. The number of hydrogen-bond acceptors (Lipinski definition) is 4. The van der Waals surface area contributed by atoms with E-state index in [0.29, 0.717) is 29.7 Å². The molecule has 6 aliphatic carbocycles. The van der Waals surface area contributed by atoms with Gasteiger partial charge in [-0.3, -0.25) is 4.79 Å². The molecule has 1 aliphatic heterocycles. The Morgan fingerprint density at radius 3 is 2.15 bits per heavy atom. The number of carbonyl (C=O) groups is 2. The first kappa shape index (κ1) is 27.5. The number of nitrogens with one attached hydrogen (secondary N) is 1. The lowest BCUT2D eigenvalue weighted by Gasteiger charge is -2.72. The Labute approximate surface area is 241 Å². The minimum Gasteiger partial charge on any atom is -0.481 e. The van der Waals surface area contributed by atoms with Crippen LogP contribution >= 0.6 is 0 Å². The van der Waals surface area contributed by atoms with Gasteiger partial charge >= 0.3 is 12.1 Å². The van der Waals surface area contributed by atoms with E-state index in [1.807, 2.05) is 0 Å². The highest BCUT2D eigenvalue weighted by molar-refractivity contribution is 5.76. The van der Waals surface area contributed by atoms with Crippen molar-refractivity contribution in [1.82, 2.24) is 5.32 Å². The van der Waals surface area contributed by atoms with Crippen molar-refractivity contribution in [2.45, 2.75) is 136 Å². The Balaban J connectivity index is 1.19. The van der Waals surface area contributed by atoms with Crippen LogP contribution in [-0.4, -0.2) is 41.5 Å². The molecule has 7 aliphatic rings. The summed E-state index contributed by atoms with van der Waals surface area (Å²) in [4.78, 5) is 25.6. The van der Waals surface area contributed by atoms with E-state index in [1.165, 1.54) is 19.3 Å². The van der Waals surface area contributed by atoms with Crippen molar-refractivity contribution in [3.63, 3.8) is 0 Å². The van der Waals surface area contributed by atoms with Crippen LogP contribution in [0.3, 0.4) is 0 Å². The molecule has 0 aromatic rings. The number of amides is 1. The zero-order valence-corrected chi connectivity index (χ0v) is 25.8. The summed E-state index contributed by atoms with van der Waals surface area (Å²) in [6, 6.07) is 0.319. The first-order valence-corrected chi connectivity index (χ1v) is 16.6. The van der Waals surface area contributed by atoms with Gasteiger partial charge in [0.15, 0.2) is 0 Å². The molecular formula is C34H53NO5. The topological polar surface area (TPSA) is 88.2 Å². The quantitative estimate of drug-likeness (QED) is 0.358. The van der Waals surface area contributed by atoms with Crippen molar-refractivity contribution in [3.05, 3.63) is 0 Å². The summed E-state index contributed by atoms with van der Waals surface area (Å²) in [5, 5.41) is 13.7. The number of fused-ring (bicyclic) bond motifs is 7. The van der Waals surface area contributed by atoms with Crippen LogP contribution in [0.15, 0.2) is 0 Å². The van der Waals surface area contributed by atoms with E-state index in [4.69, 9.17) is 9.47 Å². The van der Waals surface area contributed by atoms with Gasteiger partial charge in [-0.1, -0.05) is 34.6 Å². The Hall–Kier alpha value is -1.30. The summed E-state index contributed by atoms with van der Waals surface area (Å²) < 4.78 is 12.2. The van der Waals surface area contributed by atoms with E-state index >= 15 is 0 Å². The number of epoxide rings is 1. The number of ether oxygens (including phenoxy) is 2. The predicted octanol–water partition coefficient (Wildman–Crippen LogP) is 7.20. The molecule has 2 N–H and O–H groups in total. The van der Waals surface area contributed by atoms with Gasteiger partial charge in [-0.25, -0.2) is 4.79 Å². The van der Waals surface area contributed by atoms with Gasteiger partial charge in [-0.2, -0.15) is 0 Å². The predicted molar refractivity (Wildman–Crippen MR) is 153 cm³/mol. The number of carbonyl (C=O) groups excluding carboxylic acids is 1. The zero-order valence-electron chi connectivity index (χ0n) is 25.8. The fourth-order valence-electron chi connectivity index (χ4n) is 12.7. The normalized spacial score (nSPS) is 54.2. The fourth-order valence-corrected chi connectivity index (χ4v) is 12.7. The third-order valence-electron chi connectivity index (χ3n) is 15.3. The average Bonchev–Trinajstić information content (AvgIpc) is 3.80. The molecule has 1 heterocycles. The summed E-state index contributed by atoms with van der Waals surface area (Å²) in [5.74, 6) is 1.64. The molecule has 224 valence electrons. The Bertz CT molecular complexity index is 1100. The summed E-state index contributed by atoms with van der Waals surface area (Å²) in [7, 11) is 0. The van der Waals surface area contributed by atoms with Crippen LogP contribution in [0.2, 0.25) is 0 Å². The third-order valence-corrected chi connectivity index (χ3v) is 15.3. The van der Waals surface area contributed by atoms with Gasteiger partial charge in [0.2, 0.25) is 0 Å². The molecule has 6 nitrogen and oxygen atoms in total. The lowest BCUT2D eigenvalue weighted by Crippen LogP contribution is -2.67. The zero-order chi connectivity index (χ0) is 28.5. The van der Waals surface area contributed by atoms with E-state index in [9.17, 15) is 14.7 Å². The SMILES string of the molecule is CC1(C)C2CC[C@]3(C)C(CCC4C5[C@H]([C@@]6(C)CO6)CC[C@]5(C(=O)O)CC[C@]43C)[C@@]2(C)CC[C@H]1OC(=O)NC1CC1. The molecule has 40 heavy (non-hydrogen) atoms. The van der Waals surface area contributed by atoms with E-state index in [1.54, 1.807) is 0 Å². The molecule has 0 spiro atoms. The van der Waals surface area contributed by atoms with Crippen LogP contribution in [-0.2, 0) is 14.3 Å². The largest absolute Gasteiger partial charge is 0.481 e. The van der Waals surface area contributed by atoms with Crippen LogP contribution < -0.4 is 5.32 Å². The highest BCUT2D eigenvalue weighted by atomic mass is 16.6. The minimum atomic E-state index is -0.563. The molecule has 6 heteroatoms. The lowest BCUT2D eigenvalue weighted by molar-refractivity contribution is -0.249. The van der Waals surface area contributed by atoms with Crippen LogP contribution in [0.1, 0.15) is 119 Å². The molecule has 1 saturated heterocycles. The molecule has 0 aromatic carbocycles. The monoisotopic (exact) mass is 555 g/mol. The van der Waals surface area contributed by atoms with Crippen molar-refractivity contribution in [2.75, 3.05) is 6.61 Å². The second kappa shape index (κ2) is 8.41. The van der Waals surface area contributed by atoms with Crippen molar-refractivity contribution in [1.29, 1.82) is 0 Å². The minimum absolute atomic E-state index is 0.0370. The Morgan fingerprint density at radius 1 is 0.775 bits per heavy atom. The highest BCUT2D eigenvalue weighted by Crippen LogP contribution is 2.78. The van der Waals surface area contributed by atoms with Gasteiger partial charge in [0.1, 0.15) is 6.10 Å². The molecule has 0 radical (unpaired) electrons. The molecule has 1 amide bonds. The molecule has 0 aromatic heterocycles. The number of alkyl carbamates (subject to hydrolysis) is 1. The van der Waals surface area contributed by atoms with Gasteiger partial charge in [0.25, 0.3) is 0 Å². The van der Waals surface area contributed by atoms with Crippen molar-refractivity contribution in [2.24, 2.45) is 56.7 Å². The molecule has 0 bridgehead atoms. The standard InChI is InChI=1S/C34H53NO5/c1-29(2)23-12-15-32(5)24(30(23,3)14-13-25(29)40-28(38)35-20-7-8-20)10-9-21-26-22(33(6)19-39-33)11-16-34(26,27(36)37)18-17-31(21,32)4/h20-26H,7-19H2,1-6H3,(H,35,38)(H,36,37)/t21?,22-,23?,24?,25-,26?,30+,31-,32-,33-,34+/m1/s1. The Morgan fingerprint density at radius 2 is 1.50 bits per heavy atom.